The van der Waals surface area contributed by atoms with E-state index in [0.717, 1.165) is 25.1 Å². The molecule has 2 aromatic heterocycles. The van der Waals surface area contributed by atoms with Crippen LogP contribution in [0.5, 0.6) is 0 Å². The Morgan fingerprint density at radius 1 is 1.52 bits per heavy atom. The summed E-state index contributed by atoms with van der Waals surface area (Å²) in [7, 11) is 0. The lowest BCUT2D eigenvalue weighted by atomic mass is 10.1. The van der Waals surface area contributed by atoms with Crippen molar-refractivity contribution >= 4 is 17.2 Å². The summed E-state index contributed by atoms with van der Waals surface area (Å²) in [6.07, 6.45) is 2.21. The van der Waals surface area contributed by atoms with Crippen LogP contribution in [0.2, 0.25) is 0 Å². The molecule has 0 aromatic carbocycles. The van der Waals surface area contributed by atoms with E-state index in [0.29, 0.717) is 24.7 Å². The van der Waals surface area contributed by atoms with Gasteiger partial charge in [0.05, 0.1) is 17.1 Å². The van der Waals surface area contributed by atoms with Crippen LogP contribution in [-0.4, -0.2) is 39.0 Å². The van der Waals surface area contributed by atoms with Gasteiger partial charge in [0.25, 0.3) is 0 Å². The van der Waals surface area contributed by atoms with Crippen LogP contribution in [-0.2, 0) is 11.2 Å². The van der Waals surface area contributed by atoms with Crippen molar-refractivity contribution in [2.24, 2.45) is 0 Å². The Hall–Kier alpha value is -1.76. The number of aryl methyl sites for hydroxylation is 3. The summed E-state index contributed by atoms with van der Waals surface area (Å²) >= 11 is 1.62. The number of carbonyl (C=O) groups excluding carboxylic acids is 1. The highest BCUT2D eigenvalue weighted by atomic mass is 32.1. The molecule has 1 unspecified atom stereocenters. The first-order chi connectivity index (χ1) is 10.1. The highest BCUT2D eigenvalue weighted by Gasteiger charge is 2.30. The number of hydrogen-bond acceptors (Lipinski definition) is 6. The fraction of sp³-hybridized carbons (Fsp3) is 0.571. The van der Waals surface area contributed by atoms with Crippen LogP contribution >= 0.6 is 11.3 Å². The minimum atomic E-state index is 0.181. The van der Waals surface area contributed by atoms with Crippen molar-refractivity contribution in [2.75, 3.05) is 13.1 Å². The molecular weight excluding hydrogens is 288 g/mol. The Morgan fingerprint density at radius 2 is 2.38 bits per heavy atom. The van der Waals surface area contributed by atoms with Crippen molar-refractivity contribution in [1.82, 2.24) is 20.0 Å². The first kappa shape index (κ1) is 14.2. The third-order valence-corrected chi connectivity index (χ3v) is 4.84. The van der Waals surface area contributed by atoms with Crippen molar-refractivity contribution in [3.63, 3.8) is 0 Å². The number of likely N-dealkylation sites (tertiary alicyclic amines) is 1. The molecule has 3 heterocycles. The molecule has 1 atom stereocenters. The standard InChI is InChI=1S/C14H18N4O2S/c1-9-12(21-8-15-9)3-4-13(19)18-6-5-11(7-18)14-16-10(2)17-20-14/h8,11H,3-7H2,1-2H3. The predicted octanol–water partition coefficient (Wildman–Crippen LogP) is 2.09. The molecular formula is C14H18N4O2S. The van der Waals surface area contributed by atoms with E-state index in [1.165, 1.54) is 4.88 Å². The number of aromatic nitrogens is 3. The van der Waals surface area contributed by atoms with E-state index in [9.17, 15) is 4.79 Å². The van der Waals surface area contributed by atoms with Gasteiger partial charge in [-0.3, -0.25) is 4.79 Å². The normalized spacial score (nSPS) is 18.4. The SMILES string of the molecule is Cc1noc(C2CCN(C(=O)CCc3scnc3C)C2)n1. The Labute approximate surface area is 127 Å². The maximum absolute atomic E-state index is 12.3. The average molecular weight is 306 g/mol. The summed E-state index contributed by atoms with van der Waals surface area (Å²) in [4.78, 5) is 23.9. The van der Waals surface area contributed by atoms with E-state index >= 15 is 0 Å². The van der Waals surface area contributed by atoms with Crippen molar-refractivity contribution in [3.8, 4) is 0 Å². The lowest BCUT2D eigenvalue weighted by Gasteiger charge is -2.15. The molecule has 1 amide bonds. The molecule has 0 bridgehead atoms. The topological polar surface area (TPSA) is 72.1 Å². The first-order valence-electron chi connectivity index (χ1n) is 7.10. The molecule has 1 fully saturated rings. The van der Waals surface area contributed by atoms with E-state index in [2.05, 4.69) is 15.1 Å². The molecule has 0 saturated carbocycles. The molecule has 112 valence electrons. The fourth-order valence-electron chi connectivity index (χ4n) is 2.61. The third kappa shape index (κ3) is 3.12. The van der Waals surface area contributed by atoms with Crippen LogP contribution in [0.3, 0.4) is 0 Å². The minimum Gasteiger partial charge on any atom is -0.342 e. The van der Waals surface area contributed by atoms with Crippen LogP contribution in [0, 0.1) is 13.8 Å². The summed E-state index contributed by atoms with van der Waals surface area (Å²) in [5.74, 6) is 1.68. The highest BCUT2D eigenvalue weighted by molar-refractivity contribution is 7.09. The maximum atomic E-state index is 12.3. The number of hydrogen-bond donors (Lipinski definition) is 0. The molecule has 0 radical (unpaired) electrons. The highest BCUT2D eigenvalue weighted by Crippen LogP contribution is 2.26. The monoisotopic (exact) mass is 306 g/mol. The van der Waals surface area contributed by atoms with Crippen molar-refractivity contribution in [2.45, 2.75) is 39.0 Å². The van der Waals surface area contributed by atoms with Crippen molar-refractivity contribution in [3.05, 3.63) is 27.8 Å². The van der Waals surface area contributed by atoms with Gasteiger partial charge < -0.3 is 9.42 Å². The molecule has 2 aromatic rings. The van der Waals surface area contributed by atoms with Crippen LogP contribution in [0.15, 0.2) is 10.0 Å². The number of thiazole rings is 1. The Morgan fingerprint density at radius 3 is 3.05 bits per heavy atom. The van der Waals surface area contributed by atoms with E-state index in [1.807, 2.05) is 24.3 Å². The van der Waals surface area contributed by atoms with E-state index in [1.54, 1.807) is 11.3 Å². The number of carbonyl (C=O) groups is 1. The van der Waals surface area contributed by atoms with Gasteiger partial charge in [-0.1, -0.05) is 5.16 Å². The molecule has 3 rings (SSSR count). The second kappa shape index (κ2) is 5.93. The average Bonchev–Trinajstić information content (AvgIpc) is 3.16. The Balaban J connectivity index is 1.53. The lowest BCUT2D eigenvalue weighted by molar-refractivity contribution is -0.130. The van der Waals surface area contributed by atoms with Gasteiger partial charge in [0.2, 0.25) is 11.8 Å². The van der Waals surface area contributed by atoms with E-state index < -0.39 is 0 Å². The Kier molecular flexibility index (Phi) is 4.01. The van der Waals surface area contributed by atoms with Gasteiger partial charge in [0.1, 0.15) is 0 Å². The van der Waals surface area contributed by atoms with Crippen molar-refractivity contribution < 1.29 is 9.32 Å². The van der Waals surface area contributed by atoms with Gasteiger partial charge in [-0.15, -0.1) is 11.3 Å². The minimum absolute atomic E-state index is 0.181. The molecule has 6 nitrogen and oxygen atoms in total. The zero-order chi connectivity index (χ0) is 14.8. The van der Waals surface area contributed by atoms with Gasteiger partial charge in [-0.05, 0) is 26.7 Å². The van der Waals surface area contributed by atoms with Crippen LogP contribution in [0.25, 0.3) is 0 Å². The second-order valence-electron chi connectivity index (χ2n) is 5.37. The predicted molar refractivity (Wildman–Crippen MR) is 78.1 cm³/mol. The molecule has 1 saturated heterocycles. The van der Waals surface area contributed by atoms with Gasteiger partial charge in [0, 0.05) is 24.4 Å². The third-order valence-electron chi connectivity index (χ3n) is 3.84. The first-order valence-corrected chi connectivity index (χ1v) is 7.98. The molecule has 1 aliphatic rings. The summed E-state index contributed by atoms with van der Waals surface area (Å²) in [5.41, 5.74) is 2.87. The summed E-state index contributed by atoms with van der Waals surface area (Å²) in [6.45, 7) is 5.25. The molecule has 21 heavy (non-hydrogen) atoms. The van der Waals surface area contributed by atoms with E-state index in [-0.39, 0.29) is 11.8 Å². The summed E-state index contributed by atoms with van der Waals surface area (Å²) < 4.78 is 5.21. The van der Waals surface area contributed by atoms with Crippen molar-refractivity contribution in [1.29, 1.82) is 0 Å². The molecule has 0 aliphatic carbocycles. The molecule has 0 spiro atoms. The number of amides is 1. The number of nitrogens with zero attached hydrogens (tertiary/aromatic N) is 4. The number of rotatable bonds is 4. The van der Waals surface area contributed by atoms with Gasteiger partial charge in [-0.2, -0.15) is 4.98 Å². The molecule has 0 N–H and O–H groups in total. The summed E-state index contributed by atoms with van der Waals surface area (Å²) in [6, 6.07) is 0. The quantitative estimate of drug-likeness (QED) is 0.865. The smallest absolute Gasteiger partial charge is 0.231 e. The fourth-order valence-corrected chi connectivity index (χ4v) is 3.39. The van der Waals surface area contributed by atoms with Gasteiger partial charge >= 0.3 is 0 Å². The zero-order valence-electron chi connectivity index (χ0n) is 12.2. The van der Waals surface area contributed by atoms with Gasteiger partial charge in [-0.25, -0.2) is 4.98 Å². The maximum Gasteiger partial charge on any atom is 0.231 e. The van der Waals surface area contributed by atoms with Crippen LogP contribution in [0.1, 0.15) is 41.0 Å². The summed E-state index contributed by atoms with van der Waals surface area (Å²) in [5, 5.41) is 3.82. The lowest BCUT2D eigenvalue weighted by Crippen LogP contribution is -2.28. The molecule has 7 heteroatoms. The second-order valence-corrected chi connectivity index (χ2v) is 6.31. The van der Waals surface area contributed by atoms with Gasteiger partial charge in [0.15, 0.2) is 5.82 Å². The zero-order valence-corrected chi connectivity index (χ0v) is 13.0. The van der Waals surface area contributed by atoms with Crippen LogP contribution in [0.4, 0.5) is 0 Å². The largest absolute Gasteiger partial charge is 0.342 e. The molecule has 1 aliphatic heterocycles. The van der Waals surface area contributed by atoms with E-state index in [4.69, 9.17) is 4.52 Å². The van der Waals surface area contributed by atoms with Crippen LogP contribution < -0.4 is 0 Å². The Bertz CT molecular complexity index is 636.